The summed E-state index contributed by atoms with van der Waals surface area (Å²) in [7, 11) is 1.75. The molecule has 0 amide bonds. The molecule has 4 heteroatoms. The Morgan fingerprint density at radius 2 is 2.00 bits per heavy atom. The minimum atomic E-state index is 1.03. The third-order valence-corrected chi connectivity index (χ3v) is 4.58. The van der Waals surface area contributed by atoms with Crippen LogP contribution >= 0.6 is 15.9 Å². The van der Waals surface area contributed by atoms with Crippen LogP contribution in [0, 0.1) is 13.8 Å². The molecule has 106 valence electrons. The molecule has 3 nitrogen and oxygen atoms in total. The van der Waals surface area contributed by atoms with Gasteiger partial charge in [0.25, 0.3) is 0 Å². The van der Waals surface area contributed by atoms with Gasteiger partial charge >= 0.3 is 0 Å². The summed E-state index contributed by atoms with van der Waals surface area (Å²) in [6, 6.07) is 2.17. The first kappa shape index (κ1) is 14.8. The average Bonchev–Trinajstić information content (AvgIpc) is 2.39. The molecule has 1 aliphatic heterocycles. The van der Waals surface area contributed by atoms with Crippen molar-refractivity contribution in [3.63, 3.8) is 0 Å². The van der Waals surface area contributed by atoms with Crippen molar-refractivity contribution in [1.82, 2.24) is 10.2 Å². The fourth-order valence-corrected chi connectivity index (χ4v) is 3.62. The molecule has 1 fully saturated rings. The third kappa shape index (κ3) is 3.50. The normalized spacial score (nSPS) is 16.6. The van der Waals surface area contributed by atoms with E-state index in [-0.39, 0.29) is 0 Å². The lowest BCUT2D eigenvalue weighted by Gasteiger charge is -2.27. The number of methoxy groups -OCH3 is 1. The van der Waals surface area contributed by atoms with Crippen LogP contribution in [0.3, 0.4) is 0 Å². The Morgan fingerprint density at radius 1 is 1.32 bits per heavy atom. The minimum Gasteiger partial charge on any atom is -0.496 e. The van der Waals surface area contributed by atoms with Crippen LogP contribution in [-0.4, -0.2) is 44.7 Å². The molecule has 19 heavy (non-hydrogen) atoms. The van der Waals surface area contributed by atoms with Gasteiger partial charge in [0.05, 0.1) is 7.11 Å². The van der Waals surface area contributed by atoms with E-state index in [0.29, 0.717) is 0 Å². The van der Waals surface area contributed by atoms with Crippen molar-refractivity contribution in [2.75, 3.05) is 39.8 Å². The van der Waals surface area contributed by atoms with E-state index in [1.807, 2.05) is 0 Å². The smallest absolute Gasteiger partial charge is 0.125 e. The van der Waals surface area contributed by atoms with Crippen LogP contribution < -0.4 is 10.1 Å². The van der Waals surface area contributed by atoms with Crippen molar-refractivity contribution in [3.8, 4) is 5.75 Å². The Hall–Kier alpha value is -0.580. The molecule has 1 aromatic rings. The van der Waals surface area contributed by atoms with Gasteiger partial charge in [0.2, 0.25) is 0 Å². The van der Waals surface area contributed by atoms with Crippen molar-refractivity contribution in [2.45, 2.75) is 20.3 Å². The number of rotatable bonds is 4. The van der Waals surface area contributed by atoms with Crippen LogP contribution in [0.5, 0.6) is 5.75 Å². The Morgan fingerprint density at radius 3 is 2.63 bits per heavy atom. The predicted molar refractivity (Wildman–Crippen MR) is 83.2 cm³/mol. The molecule has 0 unspecified atom stereocenters. The van der Waals surface area contributed by atoms with E-state index in [4.69, 9.17) is 4.74 Å². The number of benzene rings is 1. The second-order valence-electron chi connectivity index (χ2n) is 5.15. The van der Waals surface area contributed by atoms with Crippen molar-refractivity contribution in [1.29, 1.82) is 0 Å². The molecule has 0 aromatic heterocycles. The van der Waals surface area contributed by atoms with Crippen LogP contribution in [0.15, 0.2) is 10.5 Å². The molecule has 0 aliphatic carbocycles. The summed E-state index contributed by atoms with van der Waals surface area (Å²) in [5.41, 5.74) is 3.84. The van der Waals surface area contributed by atoms with Gasteiger partial charge < -0.3 is 15.0 Å². The highest BCUT2D eigenvalue weighted by molar-refractivity contribution is 9.10. The Bertz CT molecular complexity index is 442. The van der Waals surface area contributed by atoms with E-state index in [1.54, 1.807) is 7.11 Å². The predicted octanol–water partition coefficient (Wildman–Crippen LogP) is 2.52. The van der Waals surface area contributed by atoms with Crippen LogP contribution in [0.1, 0.15) is 16.7 Å². The first-order valence-corrected chi connectivity index (χ1v) is 7.68. The fraction of sp³-hybridized carbons (Fsp3) is 0.600. The van der Waals surface area contributed by atoms with E-state index < -0.39 is 0 Å². The van der Waals surface area contributed by atoms with E-state index in [9.17, 15) is 0 Å². The fourth-order valence-electron chi connectivity index (χ4n) is 2.78. The van der Waals surface area contributed by atoms with E-state index >= 15 is 0 Å². The molecular weight excluding hydrogens is 304 g/mol. The van der Waals surface area contributed by atoms with Gasteiger partial charge in [-0.15, -0.1) is 0 Å². The van der Waals surface area contributed by atoms with E-state index in [0.717, 1.165) is 44.9 Å². The van der Waals surface area contributed by atoms with E-state index in [2.05, 4.69) is 46.1 Å². The summed E-state index contributed by atoms with van der Waals surface area (Å²) in [6.07, 6.45) is 1.07. The monoisotopic (exact) mass is 326 g/mol. The molecule has 0 spiro atoms. The number of hydrogen-bond donors (Lipinski definition) is 1. The molecule has 0 bridgehead atoms. The number of aryl methyl sites for hydroxylation is 1. The highest BCUT2D eigenvalue weighted by Gasteiger charge is 2.15. The maximum absolute atomic E-state index is 5.52. The Balaban J connectivity index is 2.10. The molecule has 0 radical (unpaired) electrons. The van der Waals surface area contributed by atoms with Crippen molar-refractivity contribution < 1.29 is 4.74 Å². The van der Waals surface area contributed by atoms with Crippen LogP contribution in [-0.2, 0) is 6.42 Å². The average molecular weight is 327 g/mol. The van der Waals surface area contributed by atoms with Gasteiger partial charge in [-0.05, 0) is 43.0 Å². The second kappa shape index (κ2) is 6.73. The van der Waals surface area contributed by atoms with Gasteiger partial charge in [-0.2, -0.15) is 0 Å². The highest BCUT2D eigenvalue weighted by atomic mass is 79.9. The standard InChI is InChI=1S/C15H23BrN2O/c1-11-10-14(16)13(12(2)15(11)19-3)4-7-18-8-5-17-6-9-18/h10,17H,4-9H2,1-3H3. The lowest BCUT2D eigenvalue weighted by Crippen LogP contribution is -2.44. The second-order valence-corrected chi connectivity index (χ2v) is 6.01. The topological polar surface area (TPSA) is 24.5 Å². The maximum Gasteiger partial charge on any atom is 0.125 e. The SMILES string of the molecule is COc1c(C)cc(Br)c(CCN2CCNCC2)c1C. The lowest BCUT2D eigenvalue weighted by molar-refractivity contribution is 0.243. The zero-order valence-electron chi connectivity index (χ0n) is 12.1. The number of nitrogens with zero attached hydrogens (tertiary/aromatic N) is 1. The molecule has 1 heterocycles. The molecule has 1 N–H and O–H groups in total. The van der Waals surface area contributed by atoms with E-state index in [1.165, 1.54) is 21.2 Å². The van der Waals surface area contributed by atoms with Gasteiger partial charge in [-0.3, -0.25) is 0 Å². The van der Waals surface area contributed by atoms with Gasteiger partial charge in [0.15, 0.2) is 0 Å². The molecule has 0 atom stereocenters. The van der Waals surface area contributed by atoms with Crippen LogP contribution in [0.25, 0.3) is 0 Å². The first-order chi connectivity index (χ1) is 9.13. The molecule has 1 saturated heterocycles. The number of halogens is 1. The van der Waals surface area contributed by atoms with Crippen molar-refractivity contribution in [2.24, 2.45) is 0 Å². The molecule has 1 aliphatic rings. The molecule has 1 aromatic carbocycles. The number of piperazine rings is 1. The first-order valence-electron chi connectivity index (χ1n) is 6.89. The van der Waals surface area contributed by atoms with Gasteiger partial charge in [-0.25, -0.2) is 0 Å². The zero-order valence-corrected chi connectivity index (χ0v) is 13.6. The number of nitrogens with one attached hydrogen (secondary N) is 1. The van der Waals surface area contributed by atoms with Gasteiger partial charge in [-0.1, -0.05) is 15.9 Å². The number of hydrogen-bond acceptors (Lipinski definition) is 3. The third-order valence-electron chi connectivity index (χ3n) is 3.87. The highest BCUT2D eigenvalue weighted by Crippen LogP contribution is 2.32. The largest absolute Gasteiger partial charge is 0.496 e. The summed E-state index contributed by atoms with van der Waals surface area (Å²) < 4.78 is 6.73. The zero-order chi connectivity index (χ0) is 13.8. The minimum absolute atomic E-state index is 1.03. The summed E-state index contributed by atoms with van der Waals surface area (Å²) in [5.74, 6) is 1.03. The van der Waals surface area contributed by atoms with Crippen LogP contribution in [0.2, 0.25) is 0 Å². The summed E-state index contributed by atoms with van der Waals surface area (Å²) >= 11 is 3.70. The van der Waals surface area contributed by atoms with Crippen LogP contribution in [0.4, 0.5) is 0 Å². The van der Waals surface area contributed by atoms with Gasteiger partial charge in [0.1, 0.15) is 5.75 Å². The summed E-state index contributed by atoms with van der Waals surface area (Å²) in [5, 5.41) is 3.39. The van der Waals surface area contributed by atoms with Gasteiger partial charge in [0, 0.05) is 37.2 Å². The lowest BCUT2D eigenvalue weighted by atomic mass is 10.0. The quantitative estimate of drug-likeness (QED) is 0.920. The van der Waals surface area contributed by atoms with Crippen molar-refractivity contribution >= 4 is 15.9 Å². The summed E-state index contributed by atoms with van der Waals surface area (Å²) in [4.78, 5) is 2.52. The van der Waals surface area contributed by atoms with Crippen molar-refractivity contribution in [3.05, 3.63) is 27.2 Å². The maximum atomic E-state index is 5.52. The molecule has 0 saturated carbocycles. The molecule has 2 rings (SSSR count). The Kier molecular flexibility index (Phi) is 5.25. The number of ether oxygens (including phenoxy) is 1. The molecular formula is C15H23BrN2O. The Labute approximate surface area is 124 Å². The summed E-state index contributed by atoms with van der Waals surface area (Å²) in [6.45, 7) is 9.89.